The molecular weight excluding hydrogens is 176 g/mol. The summed E-state index contributed by atoms with van der Waals surface area (Å²) >= 11 is 0. The maximum atomic E-state index is 11.0. The highest BCUT2D eigenvalue weighted by atomic mass is 16.5. The molecule has 6 heteroatoms. The molecule has 0 aliphatic carbocycles. The fourth-order valence-corrected chi connectivity index (χ4v) is 0.742. The number of esters is 1. The maximum Gasteiger partial charge on any atom is 0.371 e. The van der Waals surface area contributed by atoms with Crippen molar-refractivity contribution in [1.29, 1.82) is 0 Å². The molecule has 1 heterocycles. The number of carbonyl (C=O) groups is 2. The van der Waals surface area contributed by atoms with E-state index in [1.54, 1.807) is 6.92 Å². The van der Waals surface area contributed by atoms with Gasteiger partial charge in [-0.3, -0.25) is 0 Å². The standard InChI is InChI=1S/C7H8N2O4/c1-2-13-7(12)4-3-8-5(9-4)6(10)11/h3H,2H2,1H3,(H,8,9)(H,10,11). The van der Waals surface area contributed by atoms with E-state index in [1.807, 2.05) is 0 Å². The summed E-state index contributed by atoms with van der Waals surface area (Å²) in [6, 6.07) is 0. The van der Waals surface area contributed by atoms with Crippen molar-refractivity contribution in [3.05, 3.63) is 17.7 Å². The van der Waals surface area contributed by atoms with Gasteiger partial charge < -0.3 is 14.8 Å². The zero-order valence-corrected chi connectivity index (χ0v) is 6.90. The topological polar surface area (TPSA) is 92.3 Å². The van der Waals surface area contributed by atoms with Crippen LogP contribution in [0.5, 0.6) is 0 Å². The van der Waals surface area contributed by atoms with E-state index in [1.165, 1.54) is 0 Å². The first kappa shape index (κ1) is 9.24. The highest BCUT2D eigenvalue weighted by Crippen LogP contribution is 1.99. The van der Waals surface area contributed by atoms with Gasteiger partial charge in [-0.1, -0.05) is 0 Å². The lowest BCUT2D eigenvalue weighted by Gasteiger charge is -1.96. The number of nitrogens with zero attached hydrogens (tertiary/aromatic N) is 1. The molecule has 0 aromatic carbocycles. The van der Waals surface area contributed by atoms with Crippen LogP contribution in [0.4, 0.5) is 0 Å². The van der Waals surface area contributed by atoms with Gasteiger partial charge in [0.15, 0.2) is 0 Å². The minimum Gasteiger partial charge on any atom is -0.475 e. The number of aromatic amines is 1. The molecule has 1 aromatic rings. The van der Waals surface area contributed by atoms with Gasteiger partial charge in [0.25, 0.3) is 0 Å². The number of carboxylic acid groups (broad SMARTS) is 1. The van der Waals surface area contributed by atoms with Gasteiger partial charge >= 0.3 is 11.9 Å². The van der Waals surface area contributed by atoms with Crippen molar-refractivity contribution >= 4 is 11.9 Å². The minimum absolute atomic E-state index is 0.0410. The molecule has 0 spiro atoms. The fourth-order valence-electron chi connectivity index (χ4n) is 0.742. The number of aromatic nitrogens is 2. The van der Waals surface area contributed by atoms with E-state index >= 15 is 0 Å². The number of carbonyl (C=O) groups excluding carboxylic acids is 1. The van der Waals surface area contributed by atoms with Crippen molar-refractivity contribution in [2.45, 2.75) is 6.92 Å². The molecule has 0 bridgehead atoms. The molecule has 13 heavy (non-hydrogen) atoms. The summed E-state index contributed by atoms with van der Waals surface area (Å²) < 4.78 is 4.62. The molecule has 2 N–H and O–H groups in total. The van der Waals surface area contributed by atoms with E-state index in [-0.39, 0.29) is 18.1 Å². The van der Waals surface area contributed by atoms with Crippen LogP contribution in [-0.2, 0) is 4.74 Å². The molecular formula is C7H8N2O4. The second kappa shape index (κ2) is 3.70. The van der Waals surface area contributed by atoms with Gasteiger partial charge in [0.05, 0.1) is 12.8 Å². The molecule has 0 radical (unpaired) electrons. The van der Waals surface area contributed by atoms with Crippen LogP contribution in [0, 0.1) is 0 Å². The fraction of sp³-hybridized carbons (Fsp3) is 0.286. The summed E-state index contributed by atoms with van der Waals surface area (Å²) in [5.41, 5.74) is 0.0410. The highest BCUT2D eigenvalue weighted by Gasteiger charge is 2.13. The largest absolute Gasteiger partial charge is 0.475 e. The van der Waals surface area contributed by atoms with E-state index in [4.69, 9.17) is 5.11 Å². The molecule has 0 amide bonds. The van der Waals surface area contributed by atoms with Gasteiger partial charge in [-0.15, -0.1) is 0 Å². The van der Waals surface area contributed by atoms with Gasteiger partial charge in [-0.05, 0) is 6.92 Å². The van der Waals surface area contributed by atoms with E-state index < -0.39 is 11.9 Å². The third kappa shape index (κ3) is 2.05. The van der Waals surface area contributed by atoms with Crippen molar-refractivity contribution in [3.63, 3.8) is 0 Å². The second-order valence-electron chi connectivity index (χ2n) is 2.17. The summed E-state index contributed by atoms with van der Waals surface area (Å²) in [7, 11) is 0. The molecule has 0 fully saturated rings. The van der Waals surface area contributed by atoms with Crippen LogP contribution >= 0.6 is 0 Å². The molecule has 70 valence electrons. The van der Waals surface area contributed by atoms with E-state index in [0.29, 0.717) is 0 Å². The first-order chi connectivity index (χ1) is 6.15. The second-order valence-corrected chi connectivity index (χ2v) is 2.17. The Morgan fingerprint density at radius 2 is 2.38 bits per heavy atom. The summed E-state index contributed by atoms with van der Waals surface area (Å²) in [5.74, 6) is -2.10. The molecule has 0 aliphatic heterocycles. The van der Waals surface area contributed by atoms with Crippen molar-refractivity contribution in [1.82, 2.24) is 9.97 Å². The molecule has 1 rings (SSSR count). The van der Waals surface area contributed by atoms with Gasteiger partial charge in [0.1, 0.15) is 5.69 Å². The summed E-state index contributed by atoms with van der Waals surface area (Å²) in [5, 5.41) is 8.46. The van der Waals surface area contributed by atoms with Crippen molar-refractivity contribution in [2.75, 3.05) is 6.61 Å². The molecule has 0 saturated heterocycles. The van der Waals surface area contributed by atoms with Crippen LogP contribution in [0.2, 0.25) is 0 Å². The summed E-state index contributed by atoms with van der Waals surface area (Å²) in [4.78, 5) is 27.1. The lowest BCUT2D eigenvalue weighted by molar-refractivity contribution is 0.0520. The van der Waals surface area contributed by atoms with Crippen molar-refractivity contribution in [2.24, 2.45) is 0 Å². The number of carboxylic acids is 1. The molecule has 0 unspecified atom stereocenters. The Bertz CT molecular complexity index is 331. The predicted molar refractivity (Wildman–Crippen MR) is 41.5 cm³/mol. The van der Waals surface area contributed by atoms with Crippen LogP contribution in [0.1, 0.15) is 28.0 Å². The Morgan fingerprint density at radius 3 is 2.85 bits per heavy atom. The monoisotopic (exact) mass is 184 g/mol. The van der Waals surface area contributed by atoms with Crippen LogP contribution in [0.25, 0.3) is 0 Å². The van der Waals surface area contributed by atoms with Gasteiger partial charge in [0.2, 0.25) is 5.82 Å². The third-order valence-corrected chi connectivity index (χ3v) is 1.27. The van der Waals surface area contributed by atoms with Gasteiger partial charge in [-0.2, -0.15) is 0 Å². The SMILES string of the molecule is CCOC(=O)c1cnc(C(=O)O)[nH]1. The zero-order chi connectivity index (χ0) is 9.84. The quantitative estimate of drug-likeness (QED) is 0.658. The summed E-state index contributed by atoms with van der Waals surface area (Å²) in [6.45, 7) is 1.90. The number of rotatable bonds is 3. The van der Waals surface area contributed by atoms with E-state index in [0.717, 1.165) is 6.20 Å². The zero-order valence-electron chi connectivity index (χ0n) is 6.90. The predicted octanol–water partition coefficient (Wildman–Crippen LogP) is 0.285. The Labute approximate surface area is 73.6 Å². The molecule has 1 aromatic heterocycles. The maximum absolute atomic E-state index is 11.0. The average molecular weight is 184 g/mol. The highest BCUT2D eigenvalue weighted by molar-refractivity contribution is 5.90. The number of aromatic carboxylic acids is 1. The first-order valence-corrected chi connectivity index (χ1v) is 3.60. The van der Waals surface area contributed by atoms with E-state index in [2.05, 4.69) is 14.7 Å². The van der Waals surface area contributed by atoms with Crippen LogP contribution in [-0.4, -0.2) is 33.6 Å². The van der Waals surface area contributed by atoms with Gasteiger partial charge in [0, 0.05) is 0 Å². The molecule has 0 aliphatic rings. The van der Waals surface area contributed by atoms with Crippen LogP contribution in [0.15, 0.2) is 6.20 Å². The Morgan fingerprint density at radius 1 is 1.69 bits per heavy atom. The van der Waals surface area contributed by atoms with Crippen LogP contribution < -0.4 is 0 Å². The van der Waals surface area contributed by atoms with E-state index in [9.17, 15) is 9.59 Å². The van der Waals surface area contributed by atoms with Crippen molar-refractivity contribution < 1.29 is 19.4 Å². The summed E-state index contributed by atoms with van der Waals surface area (Å²) in [6.07, 6.45) is 1.13. The Kier molecular flexibility index (Phi) is 2.63. The van der Waals surface area contributed by atoms with Crippen molar-refractivity contribution in [3.8, 4) is 0 Å². The third-order valence-electron chi connectivity index (χ3n) is 1.27. The van der Waals surface area contributed by atoms with Crippen LogP contribution in [0.3, 0.4) is 0 Å². The lowest BCUT2D eigenvalue weighted by atomic mass is 10.5. The smallest absolute Gasteiger partial charge is 0.371 e. The Hall–Kier alpha value is -1.85. The lowest BCUT2D eigenvalue weighted by Crippen LogP contribution is -2.06. The normalized spacial score (nSPS) is 9.62. The Balaban J connectivity index is 2.79. The number of imidazole rings is 1. The molecule has 0 saturated carbocycles. The number of H-pyrrole nitrogens is 1. The molecule has 6 nitrogen and oxygen atoms in total. The van der Waals surface area contributed by atoms with Gasteiger partial charge in [-0.25, -0.2) is 14.6 Å². The minimum atomic E-state index is -1.21. The first-order valence-electron chi connectivity index (χ1n) is 3.60. The average Bonchev–Trinajstić information content (AvgIpc) is 2.52. The number of hydrogen-bond acceptors (Lipinski definition) is 4. The molecule has 0 atom stereocenters. The number of nitrogens with one attached hydrogen (secondary N) is 1. The number of ether oxygens (including phenoxy) is 1. The number of hydrogen-bond donors (Lipinski definition) is 2.